The number of hydrogen-bond donors (Lipinski definition) is 3. The van der Waals surface area contributed by atoms with Crippen molar-refractivity contribution in [3.63, 3.8) is 0 Å². The van der Waals surface area contributed by atoms with Crippen molar-refractivity contribution >= 4 is 17.3 Å². The summed E-state index contributed by atoms with van der Waals surface area (Å²) in [5.41, 5.74) is 10.6. The predicted octanol–water partition coefficient (Wildman–Crippen LogP) is 2.81. The summed E-state index contributed by atoms with van der Waals surface area (Å²) >= 11 is 5.73. The summed E-state index contributed by atoms with van der Waals surface area (Å²) in [6.45, 7) is 0. The molecule has 19 heavy (non-hydrogen) atoms. The first kappa shape index (κ1) is 13.8. The van der Waals surface area contributed by atoms with E-state index in [1.54, 1.807) is 18.2 Å². The second kappa shape index (κ2) is 6.02. The first-order valence-corrected chi connectivity index (χ1v) is 6.24. The molecule has 0 aromatic heterocycles. The Kier molecular flexibility index (Phi) is 4.37. The molecule has 0 saturated heterocycles. The summed E-state index contributed by atoms with van der Waals surface area (Å²) in [4.78, 5) is 0. The highest BCUT2D eigenvalue weighted by Gasteiger charge is 2.15. The van der Waals surface area contributed by atoms with E-state index >= 15 is 0 Å². The number of nitrogens with one attached hydrogen (secondary N) is 1. The maximum atomic E-state index is 13.8. The fourth-order valence-corrected chi connectivity index (χ4v) is 2.15. The number of hydrazine groups is 1. The van der Waals surface area contributed by atoms with Gasteiger partial charge in [0.1, 0.15) is 5.82 Å². The molecule has 0 aliphatic rings. The Morgan fingerprint density at radius 1 is 1.21 bits per heavy atom. The Morgan fingerprint density at radius 3 is 2.58 bits per heavy atom. The summed E-state index contributed by atoms with van der Waals surface area (Å²) in [6.07, 6.45) is 0.397. The third kappa shape index (κ3) is 3.23. The SMILES string of the molecule is NNC(Cc1ccc(Cl)cc1F)c1ccccc1N. The second-order valence-corrected chi connectivity index (χ2v) is 4.72. The van der Waals surface area contributed by atoms with E-state index in [0.717, 1.165) is 5.56 Å². The zero-order chi connectivity index (χ0) is 13.8. The lowest BCUT2D eigenvalue weighted by molar-refractivity contribution is 0.530. The van der Waals surface area contributed by atoms with E-state index in [0.29, 0.717) is 22.7 Å². The van der Waals surface area contributed by atoms with E-state index < -0.39 is 0 Å². The molecule has 0 spiro atoms. The topological polar surface area (TPSA) is 64.1 Å². The van der Waals surface area contributed by atoms with Gasteiger partial charge in [-0.05, 0) is 35.7 Å². The lowest BCUT2D eigenvalue weighted by atomic mass is 9.98. The van der Waals surface area contributed by atoms with Gasteiger partial charge in [0, 0.05) is 10.7 Å². The number of benzene rings is 2. The number of para-hydroxylation sites is 1. The molecule has 1 atom stereocenters. The average molecular weight is 280 g/mol. The smallest absolute Gasteiger partial charge is 0.127 e. The van der Waals surface area contributed by atoms with E-state index in [2.05, 4.69) is 5.43 Å². The Hall–Kier alpha value is -1.62. The standard InChI is InChI=1S/C14H15ClFN3/c15-10-6-5-9(12(16)8-10)7-14(19-18)11-3-1-2-4-13(11)17/h1-6,8,14,19H,7,17-18H2. The minimum absolute atomic E-state index is 0.253. The predicted molar refractivity (Wildman–Crippen MR) is 76.0 cm³/mol. The van der Waals surface area contributed by atoms with Crippen molar-refractivity contribution < 1.29 is 4.39 Å². The van der Waals surface area contributed by atoms with Gasteiger partial charge < -0.3 is 5.73 Å². The van der Waals surface area contributed by atoms with Gasteiger partial charge >= 0.3 is 0 Å². The van der Waals surface area contributed by atoms with Crippen molar-refractivity contribution in [3.8, 4) is 0 Å². The molecule has 0 amide bonds. The van der Waals surface area contributed by atoms with Crippen LogP contribution >= 0.6 is 11.6 Å². The molecular formula is C14H15ClFN3. The van der Waals surface area contributed by atoms with E-state index in [-0.39, 0.29) is 11.9 Å². The monoisotopic (exact) mass is 279 g/mol. The van der Waals surface area contributed by atoms with Gasteiger partial charge in [0.15, 0.2) is 0 Å². The molecule has 0 bridgehead atoms. The molecule has 100 valence electrons. The van der Waals surface area contributed by atoms with Crippen LogP contribution < -0.4 is 17.0 Å². The Morgan fingerprint density at radius 2 is 1.95 bits per heavy atom. The lowest BCUT2D eigenvalue weighted by Crippen LogP contribution is -2.30. The van der Waals surface area contributed by atoms with Gasteiger partial charge in [-0.25, -0.2) is 4.39 Å². The van der Waals surface area contributed by atoms with Gasteiger partial charge in [0.05, 0.1) is 6.04 Å². The van der Waals surface area contributed by atoms with Gasteiger partial charge in [0.2, 0.25) is 0 Å². The summed E-state index contributed by atoms with van der Waals surface area (Å²) in [5, 5.41) is 0.373. The van der Waals surface area contributed by atoms with Crippen LogP contribution in [0.25, 0.3) is 0 Å². The molecule has 0 radical (unpaired) electrons. The molecule has 0 heterocycles. The van der Waals surface area contributed by atoms with E-state index in [1.807, 2.05) is 18.2 Å². The maximum absolute atomic E-state index is 13.8. The largest absolute Gasteiger partial charge is 0.398 e. The molecule has 2 aromatic carbocycles. The summed E-state index contributed by atoms with van der Waals surface area (Å²) < 4.78 is 13.8. The van der Waals surface area contributed by atoms with Crippen LogP contribution in [0, 0.1) is 5.82 Å². The number of nitrogens with two attached hydrogens (primary N) is 2. The third-order valence-corrected chi connectivity index (χ3v) is 3.25. The van der Waals surface area contributed by atoms with Crippen LogP contribution in [-0.2, 0) is 6.42 Å². The number of halogens is 2. The molecule has 0 saturated carbocycles. The quantitative estimate of drug-likeness (QED) is 0.458. The van der Waals surface area contributed by atoms with Gasteiger partial charge in [-0.15, -0.1) is 0 Å². The number of nitrogen functional groups attached to an aromatic ring is 1. The fourth-order valence-electron chi connectivity index (χ4n) is 1.99. The van der Waals surface area contributed by atoms with Crippen molar-refractivity contribution in [1.82, 2.24) is 5.43 Å². The molecule has 5 heteroatoms. The summed E-state index contributed by atoms with van der Waals surface area (Å²) in [6, 6.07) is 11.7. The minimum atomic E-state index is -0.345. The minimum Gasteiger partial charge on any atom is -0.398 e. The average Bonchev–Trinajstić information content (AvgIpc) is 2.39. The fraction of sp³-hybridized carbons (Fsp3) is 0.143. The van der Waals surface area contributed by atoms with E-state index in [9.17, 15) is 4.39 Å². The van der Waals surface area contributed by atoms with Crippen LogP contribution in [-0.4, -0.2) is 0 Å². The molecule has 0 aliphatic heterocycles. The molecular weight excluding hydrogens is 265 g/mol. The van der Waals surface area contributed by atoms with Gasteiger partial charge in [0.25, 0.3) is 0 Å². The molecule has 5 N–H and O–H groups in total. The first-order valence-electron chi connectivity index (χ1n) is 5.86. The maximum Gasteiger partial charge on any atom is 0.127 e. The number of hydrogen-bond acceptors (Lipinski definition) is 3. The highest BCUT2D eigenvalue weighted by molar-refractivity contribution is 6.30. The number of anilines is 1. The zero-order valence-electron chi connectivity index (χ0n) is 10.2. The van der Waals surface area contributed by atoms with E-state index in [1.165, 1.54) is 6.07 Å². The van der Waals surface area contributed by atoms with Crippen LogP contribution in [0.5, 0.6) is 0 Å². The Balaban J connectivity index is 2.27. The van der Waals surface area contributed by atoms with Crippen LogP contribution in [0.15, 0.2) is 42.5 Å². The molecule has 3 nitrogen and oxygen atoms in total. The van der Waals surface area contributed by atoms with Crippen molar-refractivity contribution in [1.29, 1.82) is 0 Å². The van der Waals surface area contributed by atoms with Gasteiger partial charge in [-0.3, -0.25) is 11.3 Å². The first-order chi connectivity index (χ1) is 9.11. The second-order valence-electron chi connectivity index (χ2n) is 4.29. The summed E-state index contributed by atoms with van der Waals surface area (Å²) in [7, 11) is 0. The highest BCUT2D eigenvalue weighted by atomic mass is 35.5. The van der Waals surface area contributed by atoms with Crippen LogP contribution in [0.4, 0.5) is 10.1 Å². The number of rotatable bonds is 4. The lowest BCUT2D eigenvalue weighted by Gasteiger charge is -2.18. The molecule has 2 rings (SSSR count). The summed E-state index contributed by atoms with van der Waals surface area (Å²) in [5.74, 6) is 5.20. The van der Waals surface area contributed by atoms with Gasteiger partial charge in [-0.1, -0.05) is 35.9 Å². The molecule has 2 aromatic rings. The van der Waals surface area contributed by atoms with Crippen LogP contribution in [0.2, 0.25) is 5.02 Å². The van der Waals surface area contributed by atoms with Crippen molar-refractivity contribution in [2.75, 3.05) is 5.73 Å². The molecule has 0 aliphatic carbocycles. The van der Waals surface area contributed by atoms with Crippen molar-refractivity contribution in [3.05, 3.63) is 64.4 Å². The molecule has 0 fully saturated rings. The van der Waals surface area contributed by atoms with Crippen molar-refractivity contribution in [2.45, 2.75) is 12.5 Å². The highest BCUT2D eigenvalue weighted by Crippen LogP contribution is 2.25. The third-order valence-electron chi connectivity index (χ3n) is 3.01. The van der Waals surface area contributed by atoms with Crippen molar-refractivity contribution in [2.24, 2.45) is 5.84 Å². The zero-order valence-corrected chi connectivity index (χ0v) is 11.0. The molecule has 1 unspecified atom stereocenters. The normalized spacial score (nSPS) is 12.4. The van der Waals surface area contributed by atoms with Crippen LogP contribution in [0.3, 0.4) is 0 Å². The Bertz CT molecular complexity index is 574. The van der Waals surface area contributed by atoms with Gasteiger partial charge in [-0.2, -0.15) is 0 Å². The Labute approximate surface area is 116 Å². The van der Waals surface area contributed by atoms with Crippen LogP contribution in [0.1, 0.15) is 17.2 Å². The van der Waals surface area contributed by atoms with E-state index in [4.69, 9.17) is 23.2 Å².